The fourth-order valence-corrected chi connectivity index (χ4v) is 3.31. The van der Waals surface area contributed by atoms with Gasteiger partial charge in [0.1, 0.15) is 6.04 Å². The Bertz CT molecular complexity index is 827. The molecule has 2 aliphatic heterocycles. The Balaban J connectivity index is 1.59. The summed E-state index contributed by atoms with van der Waals surface area (Å²) in [5.41, 5.74) is 0.903. The van der Waals surface area contributed by atoms with Crippen molar-refractivity contribution in [2.45, 2.75) is 37.9 Å². The maximum atomic E-state index is 12.9. The summed E-state index contributed by atoms with van der Waals surface area (Å²) < 4.78 is 5.44. The Morgan fingerprint density at radius 3 is 2.89 bits per heavy atom. The number of hydrogen-bond acceptors (Lipinski definition) is 5. The van der Waals surface area contributed by atoms with E-state index < -0.39 is 11.7 Å². The number of carbonyl (C=O) groups is 2. The summed E-state index contributed by atoms with van der Waals surface area (Å²) in [6, 6.07) is 4.47. The summed E-state index contributed by atoms with van der Waals surface area (Å²) in [5, 5.41) is 11.5. The van der Waals surface area contributed by atoms with Crippen molar-refractivity contribution in [2.75, 3.05) is 26.3 Å². The molecule has 3 rings (SSSR count). The number of carbonyl (C=O) groups excluding carboxylic acids is 2. The highest BCUT2D eigenvalue weighted by Crippen LogP contribution is 2.36. The lowest BCUT2D eigenvalue weighted by atomic mass is 10.0. The van der Waals surface area contributed by atoms with Crippen molar-refractivity contribution in [3.05, 3.63) is 34.3 Å². The zero-order chi connectivity index (χ0) is 20.1. The molecule has 1 aromatic rings. The van der Waals surface area contributed by atoms with Crippen LogP contribution in [0.3, 0.4) is 0 Å². The number of rotatable bonds is 7. The van der Waals surface area contributed by atoms with Crippen molar-refractivity contribution in [2.24, 2.45) is 10.2 Å². The zero-order valence-corrected chi connectivity index (χ0v) is 16.5. The van der Waals surface area contributed by atoms with Crippen molar-refractivity contribution >= 4 is 23.4 Å². The number of ether oxygens (including phenoxy) is 1. The standard InChI is InChI=1S/C20H23ClN4O3/c1-3-4-7-20(23-24-20)8-9-22-18(26)17-13-28-11-10-25(17)19(27)15-6-5-14(2)16(21)12-15/h1,5-6,12,17H,4,7-11,13H2,2H3,(H,22,26). The van der Waals surface area contributed by atoms with Crippen molar-refractivity contribution in [1.82, 2.24) is 10.2 Å². The first-order valence-corrected chi connectivity index (χ1v) is 9.64. The van der Waals surface area contributed by atoms with Crippen molar-refractivity contribution < 1.29 is 14.3 Å². The molecule has 2 amide bonds. The summed E-state index contributed by atoms with van der Waals surface area (Å²) >= 11 is 6.14. The van der Waals surface area contributed by atoms with E-state index in [0.29, 0.717) is 49.5 Å². The average molecular weight is 403 g/mol. The summed E-state index contributed by atoms with van der Waals surface area (Å²) in [5.74, 6) is 2.09. The third-order valence-corrected chi connectivity index (χ3v) is 5.40. The molecule has 1 unspecified atom stereocenters. The number of amides is 2. The normalized spacial score (nSPS) is 19.8. The molecule has 1 fully saturated rings. The number of benzene rings is 1. The molecule has 7 nitrogen and oxygen atoms in total. The lowest BCUT2D eigenvalue weighted by molar-refractivity contribution is -0.130. The molecule has 0 spiro atoms. The van der Waals surface area contributed by atoms with E-state index in [1.54, 1.807) is 23.1 Å². The highest BCUT2D eigenvalue weighted by atomic mass is 35.5. The van der Waals surface area contributed by atoms with Crippen LogP contribution in [0.2, 0.25) is 5.02 Å². The van der Waals surface area contributed by atoms with E-state index in [1.165, 1.54) is 0 Å². The Kier molecular flexibility index (Phi) is 6.32. The number of halogens is 1. The van der Waals surface area contributed by atoms with Gasteiger partial charge in [-0.15, -0.1) is 12.3 Å². The van der Waals surface area contributed by atoms with E-state index >= 15 is 0 Å². The minimum atomic E-state index is -0.684. The second kappa shape index (κ2) is 8.72. The number of aryl methyl sites for hydroxylation is 1. The Morgan fingerprint density at radius 1 is 1.43 bits per heavy atom. The van der Waals surface area contributed by atoms with Crippen LogP contribution in [-0.2, 0) is 9.53 Å². The van der Waals surface area contributed by atoms with E-state index in [4.69, 9.17) is 22.8 Å². The summed E-state index contributed by atoms with van der Waals surface area (Å²) in [7, 11) is 0. The van der Waals surface area contributed by atoms with Crippen LogP contribution in [0.1, 0.15) is 35.2 Å². The second-order valence-electron chi connectivity index (χ2n) is 6.98. The van der Waals surface area contributed by atoms with E-state index in [9.17, 15) is 9.59 Å². The molecule has 1 atom stereocenters. The SMILES string of the molecule is C#CCCC1(CCNC(=O)C2COCCN2C(=O)c2ccc(C)c(Cl)c2)N=N1. The first-order chi connectivity index (χ1) is 13.5. The Labute approximate surface area is 169 Å². The minimum Gasteiger partial charge on any atom is -0.377 e. The van der Waals surface area contributed by atoms with Gasteiger partial charge in [0, 0.05) is 42.9 Å². The lowest BCUT2D eigenvalue weighted by Gasteiger charge is -2.34. The molecule has 1 aromatic carbocycles. The molecule has 0 bridgehead atoms. The van der Waals surface area contributed by atoms with Crippen LogP contribution in [0.15, 0.2) is 28.4 Å². The topological polar surface area (TPSA) is 83.4 Å². The number of morpholine rings is 1. The van der Waals surface area contributed by atoms with Gasteiger partial charge >= 0.3 is 0 Å². The first kappa shape index (κ1) is 20.3. The van der Waals surface area contributed by atoms with Crippen LogP contribution in [0.25, 0.3) is 0 Å². The molecular weight excluding hydrogens is 380 g/mol. The molecule has 0 aliphatic carbocycles. The van der Waals surface area contributed by atoms with Gasteiger partial charge in [-0.3, -0.25) is 9.59 Å². The highest BCUT2D eigenvalue weighted by molar-refractivity contribution is 6.31. The molecule has 8 heteroatoms. The average Bonchev–Trinajstić information content (AvgIpc) is 3.48. The van der Waals surface area contributed by atoms with Crippen LogP contribution in [0.5, 0.6) is 0 Å². The summed E-state index contributed by atoms with van der Waals surface area (Å²) in [4.78, 5) is 27.1. The van der Waals surface area contributed by atoms with Crippen LogP contribution in [0.4, 0.5) is 0 Å². The van der Waals surface area contributed by atoms with E-state index in [0.717, 1.165) is 5.56 Å². The maximum absolute atomic E-state index is 12.9. The van der Waals surface area contributed by atoms with Gasteiger partial charge in [0.2, 0.25) is 5.91 Å². The van der Waals surface area contributed by atoms with E-state index in [-0.39, 0.29) is 18.4 Å². The van der Waals surface area contributed by atoms with Crippen molar-refractivity contribution in [1.29, 1.82) is 0 Å². The molecule has 0 aromatic heterocycles. The predicted octanol–water partition coefficient (Wildman–Crippen LogP) is 2.57. The van der Waals surface area contributed by atoms with Gasteiger partial charge in [0.25, 0.3) is 5.91 Å². The molecule has 1 N–H and O–H groups in total. The van der Waals surface area contributed by atoms with Gasteiger partial charge in [0.05, 0.1) is 13.2 Å². The quantitative estimate of drug-likeness (QED) is 0.711. The lowest BCUT2D eigenvalue weighted by Crippen LogP contribution is -2.56. The summed E-state index contributed by atoms with van der Waals surface area (Å²) in [6.45, 7) is 3.18. The Hall–Kier alpha value is -2.43. The third-order valence-electron chi connectivity index (χ3n) is 4.99. The van der Waals surface area contributed by atoms with Gasteiger partial charge in [-0.1, -0.05) is 17.7 Å². The first-order valence-electron chi connectivity index (χ1n) is 9.26. The highest BCUT2D eigenvalue weighted by Gasteiger charge is 2.39. The van der Waals surface area contributed by atoms with Crippen LogP contribution in [-0.4, -0.2) is 54.7 Å². The van der Waals surface area contributed by atoms with Gasteiger partial charge in [-0.05, 0) is 24.6 Å². The largest absolute Gasteiger partial charge is 0.377 e. The van der Waals surface area contributed by atoms with Crippen molar-refractivity contribution in [3.63, 3.8) is 0 Å². The molecule has 1 saturated heterocycles. The van der Waals surface area contributed by atoms with Gasteiger partial charge < -0.3 is 15.0 Å². The zero-order valence-electron chi connectivity index (χ0n) is 15.8. The molecule has 0 radical (unpaired) electrons. The minimum absolute atomic E-state index is 0.161. The molecular formula is C20H23ClN4O3. The van der Waals surface area contributed by atoms with Crippen LogP contribution < -0.4 is 5.32 Å². The monoisotopic (exact) mass is 402 g/mol. The number of hydrogen-bond donors (Lipinski definition) is 1. The third kappa shape index (κ3) is 4.70. The van der Waals surface area contributed by atoms with Gasteiger partial charge in [0.15, 0.2) is 5.66 Å². The van der Waals surface area contributed by atoms with Crippen LogP contribution >= 0.6 is 11.6 Å². The predicted molar refractivity (Wildman–Crippen MR) is 105 cm³/mol. The molecule has 28 heavy (non-hydrogen) atoms. The second-order valence-corrected chi connectivity index (χ2v) is 7.39. The maximum Gasteiger partial charge on any atom is 0.254 e. The van der Waals surface area contributed by atoms with Crippen molar-refractivity contribution in [3.8, 4) is 12.3 Å². The van der Waals surface area contributed by atoms with Gasteiger partial charge in [-0.25, -0.2) is 0 Å². The molecule has 2 heterocycles. The smallest absolute Gasteiger partial charge is 0.254 e. The fraction of sp³-hybridized carbons (Fsp3) is 0.500. The molecule has 2 aliphatic rings. The number of nitrogens with zero attached hydrogens (tertiary/aromatic N) is 3. The van der Waals surface area contributed by atoms with E-state index in [2.05, 4.69) is 21.5 Å². The summed E-state index contributed by atoms with van der Waals surface area (Å²) in [6.07, 6.45) is 7.16. The van der Waals surface area contributed by atoms with E-state index in [1.807, 2.05) is 6.92 Å². The fourth-order valence-electron chi connectivity index (χ4n) is 3.13. The Morgan fingerprint density at radius 2 is 2.21 bits per heavy atom. The van der Waals surface area contributed by atoms with Crippen LogP contribution in [0, 0.1) is 19.3 Å². The molecule has 148 valence electrons. The number of nitrogens with one attached hydrogen (secondary N) is 1. The number of terminal acetylenes is 1. The molecule has 0 saturated carbocycles. The van der Waals surface area contributed by atoms with Gasteiger partial charge in [-0.2, -0.15) is 10.2 Å².